The van der Waals surface area contributed by atoms with E-state index in [1.807, 2.05) is 18.2 Å². The lowest BCUT2D eigenvalue weighted by molar-refractivity contribution is -0.139. The third-order valence-corrected chi connectivity index (χ3v) is 6.06. The molecule has 0 fully saturated rings. The van der Waals surface area contributed by atoms with Crippen LogP contribution in [0.3, 0.4) is 0 Å². The Morgan fingerprint density at radius 1 is 0.882 bits per heavy atom. The average Bonchev–Trinajstić information content (AvgIpc) is 2.77. The first-order valence-corrected chi connectivity index (χ1v) is 11.4. The molecule has 1 unspecified atom stereocenters. The number of carbonyl (C=O) groups is 2. The van der Waals surface area contributed by atoms with Gasteiger partial charge in [0.05, 0.1) is 26.8 Å². The van der Waals surface area contributed by atoms with Crippen molar-refractivity contribution in [2.24, 2.45) is 0 Å². The molecule has 2 aromatic carbocycles. The van der Waals surface area contributed by atoms with Crippen LogP contribution in [-0.2, 0) is 11.2 Å². The van der Waals surface area contributed by atoms with Crippen LogP contribution in [0.25, 0.3) is 22.2 Å². The molecular weight excluding hydrogens is 520 g/mol. The molecule has 0 aliphatic rings. The highest BCUT2D eigenvalue weighted by molar-refractivity contribution is 6.39. The van der Waals surface area contributed by atoms with Crippen LogP contribution in [0.5, 0.6) is 0 Å². The Balaban J connectivity index is 1.57. The van der Waals surface area contributed by atoms with Gasteiger partial charge in [0.1, 0.15) is 16.3 Å². The molecule has 0 bridgehead atoms. The van der Waals surface area contributed by atoms with Gasteiger partial charge in [-0.2, -0.15) is 0 Å². The maximum absolute atomic E-state index is 12.6. The summed E-state index contributed by atoms with van der Waals surface area (Å²) < 4.78 is 0. The summed E-state index contributed by atoms with van der Waals surface area (Å²) in [6.45, 7) is 0. The van der Waals surface area contributed by atoms with Crippen LogP contribution in [0.15, 0.2) is 60.7 Å². The molecule has 0 spiro atoms. The number of carboxylic acid groups (broad SMARTS) is 1. The number of amides is 1. The van der Waals surface area contributed by atoms with Gasteiger partial charge in [-0.25, -0.2) is 14.8 Å². The van der Waals surface area contributed by atoms with E-state index < -0.39 is 17.9 Å². The fourth-order valence-electron chi connectivity index (χ4n) is 3.46. The predicted octanol–water partition coefficient (Wildman–Crippen LogP) is 6.34. The Kier molecular flexibility index (Phi) is 7.24. The van der Waals surface area contributed by atoms with E-state index in [-0.39, 0.29) is 32.3 Å². The number of nitrogens with zero attached hydrogens (tertiary/aromatic N) is 2. The van der Waals surface area contributed by atoms with Gasteiger partial charge in [0, 0.05) is 17.4 Å². The summed E-state index contributed by atoms with van der Waals surface area (Å²) in [5.41, 5.74) is 2.82. The van der Waals surface area contributed by atoms with Crippen molar-refractivity contribution < 1.29 is 14.7 Å². The summed E-state index contributed by atoms with van der Waals surface area (Å²) in [6, 6.07) is 15.8. The van der Waals surface area contributed by atoms with Gasteiger partial charge < -0.3 is 10.4 Å². The van der Waals surface area contributed by atoms with Gasteiger partial charge in [0.15, 0.2) is 0 Å². The van der Waals surface area contributed by atoms with Crippen molar-refractivity contribution in [1.82, 2.24) is 15.3 Å². The Hall–Kier alpha value is -2.90. The van der Waals surface area contributed by atoms with Gasteiger partial charge in [-0.05, 0) is 48.0 Å². The molecule has 1 amide bonds. The summed E-state index contributed by atoms with van der Waals surface area (Å²) >= 11 is 24.1. The largest absolute Gasteiger partial charge is 0.480 e. The highest BCUT2D eigenvalue weighted by Crippen LogP contribution is 2.27. The SMILES string of the molecule is O=C(NC(Cc1ccc2nc(-c3cc(Cl)nc(Cl)c3)ccc2c1)C(=O)O)c1c(Cl)cccc1Cl. The standard InChI is InChI=1S/C24H15Cl4N3O3/c25-15-2-1-3-16(26)22(15)23(32)30-19(24(33)34)9-12-4-6-17-13(8-12)5-7-18(29-17)14-10-20(27)31-21(28)11-14/h1-8,10-11,19H,9H2,(H,30,32)(H,33,34). The van der Waals surface area contributed by atoms with Gasteiger partial charge in [0.25, 0.3) is 5.91 Å². The quantitative estimate of drug-likeness (QED) is 0.282. The van der Waals surface area contributed by atoms with Crippen LogP contribution in [0.1, 0.15) is 15.9 Å². The zero-order chi connectivity index (χ0) is 24.4. The van der Waals surface area contributed by atoms with Gasteiger partial charge in [0.2, 0.25) is 0 Å². The lowest BCUT2D eigenvalue weighted by Crippen LogP contribution is -2.42. The molecule has 6 nitrogen and oxygen atoms in total. The first-order valence-electron chi connectivity index (χ1n) is 9.92. The highest BCUT2D eigenvalue weighted by Gasteiger charge is 2.24. The van der Waals surface area contributed by atoms with E-state index in [0.717, 1.165) is 10.9 Å². The topological polar surface area (TPSA) is 92.2 Å². The minimum atomic E-state index is -1.19. The Morgan fingerprint density at radius 2 is 1.56 bits per heavy atom. The van der Waals surface area contributed by atoms with Crippen LogP contribution in [-0.4, -0.2) is 33.0 Å². The summed E-state index contributed by atoms with van der Waals surface area (Å²) in [5.74, 6) is -1.85. The maximum Gasteiger partial charge on any atom is 0.326 e. The maximum atomic E-state index is 12.6. The lowest BCUT2D eigenvalue weighted by Gasteiger charge is -2.16. The molecular formula is C24H15Cl4N3O3. The lowest BCUT2D eigenvalue weighted by atomic mass is 10.0. The molecule has 34 heavy (non-hydrogen) atoms. The van der Waals surface area contributed by atoms with E-state index in [4.69, 9.17) is 46.4 Å². The number of carbonyl (C=O) groups excluding carboxylic acids is 1. The molecule has 2 heterocycles. The molecule has 4 rings (SSSR count). The number of hydrogen-bond donors (Lipinski definition) is 2. The molecule has 2 aromatic heterocycles. The van der Waals surface area contributed by atoms with Gasteiger partial charge in [-0.15, -0.1) is 0 Å². The van der Waals surface area contributed by atoms with Gasteiger partial charge in [-0.1, -0.05) is 64.6 Å². The van der Waals surface area contributed by atoms with Gasteiger partial charge >= 0.3 is 5.97 Å². The number of nitrogens with one attached hydrogen (secondary N) is 1. The zero-order valence-electron chi connectivity index (χ0n) is 17.2. The minimum absolute atomic E-state index is 0.0312. The Morgan fingerprint density at radius 3 is 2.21 bits per heavy atom. The number of aromatic nitrogens is 2. The summed E-state index contributed by atoms with van der Waals surface area (Å²) in [5, 5.41) is 13.8. The van der Waals surface area contributed by atoms with E-state index in [9.17, 15) is 14.7 Å². The van der Waals surface area contributed by atoms with E-state index in [1.165, 1.54) is 12.1 Å². The van der Waals surface area contributed by atoms with Crippen molar-refractivity contribution in [3.05, 3.63) is 92.1 Å². The number of hydrogen-bond acceptors (Lipinski definition) is 4. The molecule has 0 aliphatic heterocycles. The zero-order valence-corrected chi connectivity index (χ0v) is 20.3. The molecule has 0 radical (unpaired) electrons. The smallest absolute Gasteiger partial charge is 0.326 e. The van der Waals surface area contributed by atoms with E-state index in [2.05, 4.69) is 15.3 Å². The summed E-state index contributed by atoms with van der Waals surface area (Å²) in [7, 11) is 0. The monoisotopic (exact) mass is 533 g/mol. The number of rotatable bonds is 6. The number of carboxylic acids is 1. The third kappa shape index (κ3) is 5.42. The van der Waals surface area contributed by atoms with Crippen molar-refractivity contribution in [1.29, 1.82) is 0 Å². The Labute approximate surface area is 214 Å². The molecule has 2 N–H and O–H groups in total. The summed E-state index contributed by atoms with van der Waals surface area (Å²) in [4.78, 5) is 33.1. The van der Waals surface area contributed by atoms with Crippen LogP contribution < -0.4 is 5.32 Å². The fraction of sp³-hybridized carbons (Fsp3) is 0.0833. The van der Waals surface area contributed by atoms with E-state index in [1.54, 1.807) is 30.3 Å². The Bertz CT molecular complexity index is 1390. The third-order valence-electron chi connectivity index (χ3n) is 5.05. The first-order chi connectivity index (χ1) is 16.2. The molecule has 172 valence electrons. The van der Waals surface area contributed by atoms with Gasteiger partial charge in [-0.3, -0.25) is 4.79 Å². The molecule has 1 atom stereocenters. The summed E-state index contributed by atoms with van der Waals surface area (Å²) in [6.07, 6.45) is 0.0520. The number of benzene rings is 2. The van der Waals surface area contributed by atoms with Crippen molar-refractivity contribution >= 4 is 69.2 Å². The van der Waals surface area contributed by atoms with Crippen molar-refractivity contribution in [2.75, 3.05) is 0 Å². The second-order valence-electron chi connectivity index (χ2n) is 7.39. The van der Waals surface area contributed by atoms with E-state index >= 15 is 0 Å². The normalized spacial score (nSPS) is 11.9. The van der Waals surface area contributed by atoms with Crippen LogP contribution in [0, 0.1) is 0 Å². The number of fused-ring (bicyclic) bond motifs is 1. The fourth-order valence-corrected chi connectivity index (χ4v) is 4.49. The minimum Gasteiger partial charge on any atom is -0.480 e. The molecule has 0 saturated heterocycles. The van der Waals surface area contributed by atoms with Crippen molar-refractivity contribution in [3.63, 3.8) is 0 Å². The average molecular weight is 535 g/mol. The second-order valence-corrected chi connectivity index (χ2v) is 8.98. The molecule has 0 saturated carbocycles. The number of halogens is 4. The molecule has 10 heteroatoms. The van der Waals surface area contributed by atoms with E-state index in [0.29, 0.717) is 16.8 Å². The molecule has 0 aliphatic carbocycles. The second kappa shape index (κ2) is 10.2. The van der Waals surface area contributed by atoms with Crippen LogP contribution >= 0.6 is 46.4 Å². The highest BCUT2D eigenvalue weighted by atomic mass is 35.5. The number of aliphatic carboxylic acids is 1. The first kappa shape index (κ1) is 24.2. The molecule has 4 aromatic rings. The van der Waals surface area contributed by atoms with Crippen LogP contribution in [0.2, 0.25) is 20.4 Å². The number of pyridine rings is 2. The predicted molar refractivity (Wildman–Crippen MR) is 134 cm³/mol. The van der Waals surface area contributed by atoms with Crippen molar-refractivity contribution in [3.8, 4) is 11.3 Å². The van der Waals surface area contributed by atoms with Crippen molar-refractivity contribution in [2.45, 2.75) is 12.5 Å². The van der Waals surface area contributed by atoms with Crippen LogP contribution in [0.4, 0.5) is 0 Å².